The molecule has 9 nitrogen and oxygen atoms in total. The highest BCUT2D eigenvalue weighted by molar-refractivity contribution is 6.00. The van der Waals surface area contributed by atoms with Crippen LogP contribution in [-0.4, -0.2) is 88.6 Å². The van der Waals surface area contributed by atoms with E-state index in [0.29, 0.717) is 35.3 Å². The molecule has 0 amide bonds. The van der Waals surface area contributed by atoms with Crippen molar-refractivity contribution in [3.63, 3.8) is 0 Å². The van der Waals surface area contributed by atoms with Gasteiger partial charge in [0.25, 0.3) is 0 Å². The molecule has 2 aromatic heterocycles. The molecule has 4 aromatic rings. The Morgan fingerprint density at radius 3 is 2.77 bits per heavy atom. The molecule has 2 bridgehead atoms. The quantitative estimate of drug-likeness (QED) is 0.340. The summed E-state index contributed by atoms with van der Waals surface area (Å²) in [4.78, 5) is 18.6. The lowest BCUT2D eigenvalue weighted by atomic mass is 9.94. The van der Waals surface area contributed by atoms with Crippen LogP contribution in [0.3, 0.4) is 0 Å². The van der Waals surface area contributed by atoms with Crippen molar-refractivity contribution in [3.05, 3.63) is 48.2 Å². The van der Waals surface area contributed by atoms with Crippen LogP contribution in [0, 0.1) is 11.6 Å². The zero-order chi connectivity index (χ0) is 29.3. The molecule has 4 atom stereocenters. The lowest BCUT2D eigenvalue weighted by Crippen LogP contribution is -2.51. The highest BCUT2D eigenvalue weighted by Gasteiger charge is 2.49. The molecular formula is C32H34F2N6O3. The number of aromatic nitrogens is 3. The van der Waals surface area contributed by atoms with Crippen LogP contribution in [0.2, 0.25) is 0 Å². The fraction of sp³-hybridized carbons (Fsp3) is 0.469. The number of hydrogen-bond donors (Lipinski definition) is 2. The van der Waals surface area contributed by atoms with Crippen LogP contribution in [-0.2, 0) is 4.74 Å². The molecule has 224 valence electrons. The molecule has 2 unspecified atom stereocenters. The fourth-order valence-electron chi connectivity index (χ4n) is 7.86. The van der Waals surface area contributed by atoms with Crippen molar-refractivity contribution in [2.75, 3.05) is 44.8 Å². The molecule has 8 rings (SSSR count). The molecule has 11 heteroatoms. The number of phenolic OH excluding ortho intramolecular Hbond substituents is 1. The summed E-state index contributed by atoms with van der Waals surface area (Å²) in [6.07, 6.45) is 6.82. The Balaban J connectivity index is 1.24. The van der Waals surface area contributed by atoms with Gasteiger partial charge in [0.1, 0.15) is 35.2 Å². The number of phenols is 1. The first kappa shape index (κ1) is 26.9. The van der Waals surface area contributed by atoms with Crippen LogP contribution in [0.1, 0.15) is 32.1 Å². The minimum atomic E-state index is -0.708. The number of aromatic hydroxyl groups is 1. The van der Waals surface area contributed by atoms with E-state index in [1.54, 1.807) is 25.4 Å². The molecule has 4 aliphatic heterocycles. The Kier molecular flexibility index (Phi) is 6.39. The second-order valence-corrected chi connectivity index (χ2v) is 12.5. The van der Waals surface area contributed by atoms with Crippen LogP contribution in [0.25, 0.3) is 32.9 Å². The molecule has 0 spiro atoms. The Morgan fingerprint density at radius 1 is 1.12 bits per heavy atom. The average molecular weight is 589 g/mol. The molecule has 2 N–H and O–H groups in total. The number of benzene rings is 2. The minimum absolute atomic E-state index is 0.0608. The monoisotopic (exact) mass is 588 g/mol. The third-order valence-corrected chi connectivity index (χ3v) is 9.90. The highest BCUT2D eigenvalue weighted by Crippen LogP contribution is 2.41. The van der Waals surface area contributed by atoms with Gasteiger partial charge in [-0.2, -0.15) is 9.97 Å². The lowest BCUT2D eigenvalue weighted by molar-refractivity contribution is 0.0997. The Hall–Kier alpha value is -3.67. The van der Waals surface area contributed by atoms with Gasteiger partial charge in [-0.1, -0.05) is 12.1 Å². The largest absolute Gasteiger partial charge is 0.508 e. The Bertz CT molecular complexity index is 1730. The van der Waals surface area contributed by atoms with Gasteiger partial charge in [-0.15, -0.1) is 0 Å². The third kappa shape index (κ3) is 4.47. The van der Waals surface area contributed by atoms with Crippen LogP contribution in [0.15, 0.2) is 36.5 Å². The van der Waals surface area contributed by atoms with Crippen molar-refractivity contribution >= 4 is 27.5 Å². The van der Waals surface area contributed by atoms with Crippen molar-refractivity contribution in [1.82, 2.24) is 25.2 Å². The summed E-state index contributed by atoms with van der Waals surface area (Å²) >= 11 is 0. The molecule has 2 aromatic carbocycles. The van der Waals surface area contributed by atoms with E-state index in [0.717, 1.165) is 58.3 Å². The summed E-state index contributed by atoms with van der Waals surface area (Å²) < 4.78 is 43.7. The molecule has 6 heterocycles. The molecule has 4 saturated heterocycles. The van der Waals surface area contributed by atoms with E-state index in [2.05, 4.69) is 25.1 Å². The number of fused-ring (bicyclic) bond motifs is 5. The predicted molar refractivity (Wildman–Crippen MR) is 158 cm³/mol. The van der Waals surface area contributed by atoms with Gasteiger partial charge in [0.05, 0.1) is 17.0 Å². The van der Waals surface area contributed by atoms with Gasteiger partial charge in [0.2, 0.25) is 0 Å². The number of ether oxygens (including phenoxy) is 2. The SMILES string of the molecule is CO[C@@H]1CN2CCC[C@]2(COc2nc(N3CC4CCC(C3)N4)c3cnc(-c4cc(O)cc5cccc(F)c45)c(F)c3n2)C1. The van der Waals surface area contributed by atoms with Gasteiger partial charge in [0, 0.05) is 56.0 Å². The number of hydrogen-bond acceptors (Lipinski definition) is 9. The minimum Gasteiger partial charge on any atom is -0.508 e. The number of anilines is 1. The normalized spacial score (nSPS) is 27.0. The van der Waals surface area contributed by atoms with Crippen molar-refractivity contribution in [3.8, 4) is 23.0 Å². The number of methoxy groups -OCH3 is 1. The van der Waals surface area contributed by atoms with Gasteiger partial charge in [-0.25, -0.2) is 8.78 Å². The van der Waals surface area contributed by atoms with Crippen LogP contribution in [0.4, 0.5) is 14.6 Å². The van der Waals surface area contributed by atoms with Gasteiger partial charge in [-0.05, 0) is 62.2 Å². The summed E-state index contributed by atoms with van der Waals surface area (Å²) in [7, 11) is 1.75. The predicted octanol–water partition coefficient (Wildman–Crippen LogP) is 4.40. The number of pyridine rings is 1. The molecule has 4 fully saturated rings. The summed E-state index contributed by atoms with van der Waals surface area (Å²) in [5.41, 5.74) is -0.0281. The first-order valence-electron chi connectivity index (χ1n) is 15.1. The van der Waals surface area contributed by atoms with E-state index in [9.17, 15) is 5.11 Å². The number of halogens is 2. The van der Waals surface area contributed by atoms with E-state index >= 15 is 8.78 Å². The molecule has 0 aliphatic carbocycles. The number of rotatable bonds is 6. The maximum Gasteiger partial charge on any atom is 0.319 e. The fourth-order valence-corrected chi connectivity index (χ4v) is 7.86. The maximum atomic E-state index is 16.6. The second kappa shape index (κ2) is 10.2. The zero-order valence-corrected chi connectivity index (χ0v) is 24.0. The average Bonchev–Trinajstić information content (AvgIpc) is 3.67. The van der Waals surface area contributed by atoms with E-state index in [-0.39, 0.29) is 45.6 Å². The second-order valence-electron chi connectivity index (χ2n) is 12.5. The smallest absolute Gasteiger partial charge is 0.319 e. The van der Waals surface area contributed by atoms with Crippen LogP contribution in [0.5, 0.6) is 11.8 Å². The summed E-state index contributed by atoms with van der Waals surface area (Å²) in [6.45, 7) is 3.72. The standard InChI is InChI=1S/C32H34F2N6O3/c1-42-22-12-32(8-3-9-40(32)16-22)17-43-31-37-29-24(30(38-31)39-14-19-6-7-20(15-39)36-19)13-35-28(27(29)34)23-11-21(41)10-18-4-2-5-25(33)26(18)23/h2,4-5,10-11,13,19-20,22,36,41H,3,6-9,12,14-17H2,1H3/t19?,20?,22-,32+/m0/s1. The van der Waals surface area contributed by atoms with Crippen LogP contribution < -0.4 is 15.0 Å². The van der Waals surface area contributed by atoms with Crippen molar-refractivity contribution < 1.29 is 23.4 Å². The van der Waals surface area contributed by atoms with Gasteiger partial charge in [0.15, 0.2) is 5.82 Å². The molecule has 43 heavy (non-hydrogen) atoms. The first-order chi connectivity index (χ1) is 20.9. The molecule has 0 radical (unpaired) electrons. The molecule has 4 aliphatic rings. The molecular weight excluding hydrogens is 554 g/mol. The Morgan fingerprint density at radius 2 is 1.95 bits per heavy atom. The first-order valence-corrected chi connectivity index (χ1v) is 15.1. The van der Waals surface area contributed by atoms with Crippen molar-refractivity contribution in [2.45, 2.75) is 55.8 Å². The summed E-state index contributed by atoms with van der Waals surface area (Å²) in [5.74, 6) is -0.751. The van der Waals surface area contributed by atoms with Gasteiger partial charge >= 0.3 is 6.01 Å². The maximum absolute atomic E-state index is 16.6. The van der Waals surface area contributed by atoms with E-state index < -0.39 is 11.6 Å². The summed E-state index contributed by atoms with van der Waals surface area (Å²) in [6, 6.07) is 8.12. The number of nitrogens with zero attached hydrogens (tertiary/aromatic N) is 5. The highest BCUT2D eigenvalue weighted by atomic mass is 19.1. The lowest BCUT2D eigenvalue weighted by Gasteiger charge is -2.34. The van der Waals surface area contributed by atoms with E-state index in [4.69, 9.17) is 14.5 Å². The Labute approximate surface area is 247 Å². The van der Waals surface area contributed by atoms with E-state index in [1.807, 2.05) is 0 Å². The molecule has 0 saturated carbocycles. The van der Waals surface area contributed by atoms with Crippen molar-refractivity contribution in [2.24, 2.45) is 0 Å². The van der Waals surface area contributed by atoms with Gasteiger partial charge < -0.3 is 24.8 Å². The summed E-state index contributed by atoms with van der Waals surface area (Å²) in [5, 5.41) is 15.2. The topological polar surface area (TPSA) is 95.9 Å². The third-order valence-electron chi connectivity index (χ3n) is 9.90. The van der Waals surface area contributed by atoms with Gasteiger partial charge in [-0.3, -0.25) is 9.88 Å². The van der Waals surface area contributed by atoms with E-state index in [1.165, 1.54) is 18.2 Å². The number of nitrogens with one attached hydrogen (secondary N) is 1. The van der Waals surface area contributed by atoms with Crippen molar-refractivity contribution in [1.29, 1.82) is 0 Å². The zero-order valence-electron chi connectivity index (χ0n) is 24.0. The van der Waals surface area contributed by atoms with Crippen LogP contribution >= 0.6 is 0 Å². The number of piperazine rings is 1.